The number of rotatable bonds is 7. The number of hydrogen-bond donors (Lipinski definition) is 4. The molecule has 3 rings (SSSR count). The fourth-order valence-electron chi connectivity index (χ4n) is 7.52. The van der Waals surface area contributed by atoms with E-state index in [9.17, 15) is 20.4 Å². The van der Waals surface area contributed by atoms with Crippen LogP contribution >= 0.6 is 0 Å². The summed E-state index contributed by atoms with van der Waals surface area (Å²) in [5.74, 6) is 0.0460. The van der Waals surface area contributed by atoms with E-state index < -0.39 is 23.4 Å². The highest BCUT2D eigenvalue weighted by Crippen LogP contribution is 2.56. The average molecular weight is 481 g/mol. The lowest BCUT2D eigenvalue weighted by Gasteiger charge is -2.54. The molecule has 2 fully saturated rings. The molecule has 5 heteroatoms. The van der Waals surface area contributed by atoms with Gasteiger partial charge >= 0.3 is 0 Å². The number of aliphatic hydroxyl groups excluding tert-OH is 3. The predicted octanol–water partition coefficient (Wildman–Crippen LogP) is 5.28. The van der Waals surface area contributed by atoms with Gasteiger partial charge in [-0.3, -0.25) is 0 Å². The fraction of sp³-hybridized carbons (Fsp3) is 0.931. The van der Waals surface area contributed by atoms with Crippen LogP contribution in [0, 0.1) is 16.7 Å². The molecule has 5 unspecified atom stereocenters. The van der Waals surface area contributed by atoms with Crippen molar-refractivity contribution in [2.24, 2.45) is 16.7 Å². The van der Waals surface area contributed by atoms with Crippen LogP contribution in [0.3, 0.4) is 0 Å². The molecule has 5 nitrogen and oxygen atoms in total. The van der Waals surface area contributed by atoms with E-state index in [1.807, 2.05) is 27.7 Å². The Kier molecular flexibility index (Phi) is 8.37. The first kappa shape index (κ1) is 28.1. The van der Waals surface area contributed by atoms with Crippen molar-refractivity contribution in [2.75, 3.05) is 0 Å². The Bertz CT molecular complexity index is 743. The predicted molar refractivity (Wildman–Crippen MR) is 136 cm³/mol. The highest BCUT2D eigenvalue weighted by molar-refractivity contribution is 5.27. The molecule has 198 valence electrons. The van der Waals surface area contributed by atoms with Gasteiger partial charge in [0.1, 0.15) is 0 Å². The molecular weight excluding hydrogens is 428 g/mol. The summed E-state index contributed by atoms with van der Waals surface area (Å²) in [5, 5.41) is 43.3. The van der Waals surface area contributed by atoms with Crippen molar-refractivity contribution < 1.29 is 25.2 Å². The van der Waals surface area contributed by atoms with E-state index in [0.29, 0.717) is 12.8 Å². The van der Waals surface area contributed by atoms with Crippen molar-refractivity contribution in [3.63, 3.8) is 0 Å². The normalized spacial score (nSPS) is 43.9. The molecule has 0 spiro atoms. The van der Waals surface area contributed by atoms with Gasteiger partial charge in [-0.2, -0.15) is 0 Å². The lowest BCUT2D eigenvalue weighted by atomic mass is 9.55. The summed E-state index contributed by atoms with van der Waals surface area (Å²) in [5.41, 5.74) is 0.800. The number of fused-ring (bicyclic) bond motifs is 1. The Morgan fingerprint density at radius 1 is 1.00 bits per heavy atom. The van der Waals surface area contributed by atoms with Crippen molar-refractivity contribution in [1.29, 1.82) is 0 Å². The van der Waals surface area contributed by atoms with Crippen LogP contribution in [0.15, 0.2) is 11.1 Å². The Labute approximate surface area is 208 Å². The van der Waals surface area contributed by atoms with Crippen LogP contribution in [-0.4, -0.2) is 56.0 Å². The third-order valence-corrected chi connectivity index (χ3v) is 10.3. The molecule has 4 N–H and O–H groups in total. The summed E-state index contributed by atoms with van der Waals surface area (Å²) in [7, 11) is 0. The highest BCUT2D eigenvalue weighted by Gasteiger charge is 2.56. The standard InChI is InChI=1S/C29H52O5/c1-8-20(30)11-15-27(5)16-12-22(31)19(2)21(27)9-10-23-28(6)17-13-24(32)26(3,4)34-25(28)14-18-29(23,7)33/h20,22-25,30-33H,8-18H2,1-7H3/t20?,22?,23?,24-,25?,27?,28-,29+/m1/s1. The van der Waals surface area contributed by atoms with Crippen LogP contribution in [0.4, 0.5) is 0 Å². The molecule has 34 heavy (non-hydrogen) atoms. The SMILES string of the molecule is CCC(O)CCC1(C)CCC(O)C(C)=C1CCC1[C@@]2(C)CC[C@@H](O)C(C)(C)OC2CC[C@]1(C)O. The number of aliphatic hydroxyl groups is 4. The second kappa shape index (κ2) is 10.1. The van der Waals surface area contributed by atoms with E-state index in [4.69, 9.17) is 4.74 Å². The van der Waals surface area contributed by atoms with Gasteiger partial charge in [-0.1, -0.05) is 26.3 Å². The summed E-state index contributed by atoms with van der Waals surface area (Å²) in [6.07, 6.45) is 7.72. The Hall–Kier alpha value is -0.460. The summed E-state index contributed by atoms with van der Waals surface area (Å²) in [6, 6.07) is 0. The molecule has 0 aromatic heterocycles. The van der Waals surface area contributed by atoms with Crippen LogP contribution in [0.1, 0.15) is 119 Å². The topological polar surface area (TPSA) is 90.2 Å². The summed E-state index contributed by atoms with van der Waals surface area (Å²) < 4.78 is 6.55. The Morgan fingerprint density at radius 3 is 2.32 bits per heavy atom. The monoisotopic (exact) mass is 480 g/mol. The number of hydrogen-bond acceptors (Lipinski definition) is 5. The molecule has 0 aromatic carbocycles. The molecule has 0 radical (unpaired) electrons. The largest absolute Gasteiger partial charge is 0.393 e. The Morgan fingerprint density at radius 2 is 1.68 bits per heavy atom. The first-order valence-corrected chi connectivity index (χ1v) is 13.8. The molecule has 1 heterocycles. The van der Waals surface area contributed by atoms with Gasteiger partial charge in [0, 0.05) is 0 Å². The number of allylic oxidation sites excluding steroid dienone is 1. The van der Waals surface area contributed by atoms with Crippen LogP contribution in [0.5, 0.6) is 0 Å². The maximum absolute atomic E-state index is 11.6. The minimum absolute atomic E-state index is 0.0167. The second-order valence-corrected chi connectivity index (χ2v) is 13.1. The van der Waals surface area contributed by atoms with Crippen LogP contribution in [0.2, 0.25) is 0 Å². The van der Waals surface area contributed by atoms with Crippen LogP contribution in [0.25, 0.3) is 0 Å². The zero-order chi connectivity index (χ0) is 25.5. The van der Waals surface area contributed by atoms with E-state index in [1.165, 1.54) is 5.57 Å². The van der Waals surface area contributed by atoms with E-state index in [1.54, 1.807) is 0 Å². The van der Waals surface area contributed by atoms with E-state index in [0.717, 1.165) is 63.4 Å². The van der Waals surface area contributed by atoms with Gasteiger partial charge in [0.2, 0.25) is 0 Å². The molecule has 8 atom stereocenters. The maximum Gasteiger partial charge on any atom is 0.0888 e. The first-order chi connectivity index (χ1) is 15.7. The van der Waals surface area contributed by atoms with E-state index in [-0.39, 0.29) is 29.0 Å². The van der Waals surface area contributed by atoms with Gasteiger partial charge in [-0.15, -0.1) is 0 Å². The lowest BCUT2D eigenvalue weighted by Crippen LogP contribution is -2.56. The molecule has 3 aliphatic rings. The second-order valence-electron chi connectivity index (χ2n) is 13.1. The van der Waals surface area contributed by atoms with Gasteiger partial charge < -0.3 is 25.2 Å². The van der Waals surface area contributed by atoms with Crippen molar-refractivity contribution in [2.45, 2.75) is 155 Å². The Balaban J connectivity index is 1.87. The van der Waals surface area contributed by atoms with Crippen LogP contribution < -0.4 is 0 Å². The minimum atomic E-state index is -0.787. The van der Waals surface area contributed by atoms with E-state index >= 15 is 0 Å². The molecular formula is C29H52O5. The zero-order valence-electron chi connectivity index (χ0n) is 22.9. The first-order valence-electron chi connectivity index (χ1n) is 13.8. The molecule has 0 aromatic rings. The molecule has 2 aliphatic carbocycles. The molecule has 1 saturated carbocycles. The van der Waals surface area contributed by atoms with Crippen molar-refractivity contribution in [1.82, 2.24) is 0 Å². The fourth-order valence-corrected chi connectivity index (χ4v) is 7.52. The van der Waals surface area contributed by atoms with E-state index in [2.05, 4.69) is 20.8 Å². The van der Waals surface area contributed by atoms with Gasteiger partial charge in [-0.05, 0) is 121 Å². The van der Waals surface area contributed by atoms with Crippen LogP contribution in [-0.2, 0) is 4.74 Å². The molecule has 1 aliphatic heterocycles. The summed E-state index contributed by atoms with van der Waals surface area (Å²) in [4.78, 5) is 0. The van der Waals surface area contributed by atoms with Crippen molar-refractivity contribution in [3.05, 3.63) is 11.1 Å². The molecule has 1 saturated heterocycles. The van der Waals surface area contributed by atoms with Gasteiger partial charge in [0.25, 0.3) is 0 Å². The van der Waals surface area contributed by atoms with Gasteiger partial charge in [-0.25, -0.2) is 0 Å². The van der Waals surface area contributed by atoms with Gasteiger partial charge in [0.05, 0.1) is 35.6 Å². The van der Waals surface area contributed by atoms with Crippen molar-refractivity contribution in [3.8, 4) is 0 Å². The quantitative estimate of drug-likeness (QED) is 0.372. The minimum Gasteiger partial charge on any atom is -0.393 e. The average Bonchev–Trinajstić information content (AvgIpc) is 2.85. The van der Waals surface area contributed by atoms with Crippen molar-refractivity contribution >= 4 is 0 Å². The lowest BCUT2D eigenvalue weighted by molar-refractivity contribution is -0.205. The highest BCUT2D eigenvalue weighted by atomic mass is 16.5. The maximum atomic E-state index is 11.6. The molecule has 0 amide bonds. The summed E-state index contributed by atoms with van der Waals surface area (Å²) in [6.45, 7) is 14.6. The zero-order valence-corrected chi connectivity index (χ0v) is 22.9. The molecule has 0 bridgehead atoms. The smallest absolute Gasteiger partial charge is 0.0888 e. The van der Waals surface area contributed by atoms with Gasteiger partial charge in [0.15, 0.2) is 0 Å². The summed E-state index contributed by atoms with van der Waals surface area (Å²) >= 11 is 0. The third kappa shape index (κ3) is 5.44. The third-order valence-electron chi connectivity index (χ3n) is 10.3. The number of ether oxygens (including phenoxy) is 1.